The Hall–Kier alpha value is -1.85. The summed E-state index contributed by atoms with van der Waals surface area (Å²) >= 11 is 0. The molecule has 1 aliphatic heterocycles. The van der Waals surface area contributed by atoms with Gasteiger partial charge in [-0.25, -0.2) is 9.97 Å². The highest BCUT2D eigenvalue weighted by Crippen LogP contribution is 2.24. The van der Waals surface area contributed by atoms with Crippen molar-refractivity contribution in [1.29, 1.82) is 0 Å². The molecule has 0 aliphatic carbocycles. The summed E-state index contributed by atoms with van der Waals surface area (Å²) < 4.78 is 0. The van der Waals surface area contributed by atoms with Crippen molar-refractivity contribution in [2.24, 2.45) is 5.92 Å². The first kappa shape index (κ1) is 13.6. The fourth-order valence-electron chi connectivity index (χ4n) is 2.14. The molecule has 0 aromatic carbocycles. The van der Waals surface area contributed by atoms with Crippen molar-refractivity contribution in [3.05, 3.63) is 12.4 Å². The Morgan fingerprint density at radius 3 is 2.84 bits per heavy atom. The number of aromatic nitrogens is 2. The summed E-state index contributed by atoms with van der Waals surface area (Å²) in [5.74, 6) is 0.650. The lowest BCUT2D eigenvalue weighted by molar-refractivity contribution is -0.140. The molecule has 104 valence electrons. The number of anilines is 2. The number of aliphatic carboxylic acids is 1. The van der Waals surface area contributed by atoms with Crippen LogP contribution in [-0.4, -0.2) is 47.2 Å². The second-order valence-corrected chi connectivity index (χ2v) is 5.21. The predicted molar refractivity (Wildman–Crippen MR) is 73.5 cm³/mol. The maximum absolute atomic E-state index is 11.0. The summed E-state index contributed by atoms with van der Waals surface area (Å²) in [5.41, 5.74) is 0. The molecule has 0 saturated carbocycles. The SMILES string of the molecule is CC(C)N(C)c1cc(N2CCC(C(=O)O)C2)ncn1. The van der Waals surface area contributed by atoms with Gasteiger partial charge in [0, 0.05) is 32.2 Å². The molecule has 6 heteroatoms. The number of nitrogens with zero attached hydrogens (tertiary/aromatic N) is 4. The third-order valence-corrected chi connectivity index (χ3v) is 3.64. The van der Waals surface area contributed by atoms with E-state index >= 15 is 0 Å². The van der Waals surface area contributed by atoms with E-state index in [1.807, 2.05) is 18.0 Å². The molecule has 19 heavy (non-hydrogen) atoms. The first-order valence-corrected chi connectivity index (χ1v) is 6.51. The Kier molecular flexibility index (Phi) is 3.87. The fourth-order valence-corrected chi connectivity index (χ4v) is 2.14. The molecule has 0 bridgehead atoms. The monoisotopic (exact) mass is 264 g/mol. The van der Waals surface area contributed by atoms with Crippen LogP contribution in [0.4, 0.5) is 11.6 Å². The van der Waals surface area contributed by atoms with Crippen molar-refractivity contribution in [2.75, 3.05) is 29.9 Å². The Morgan fingerprint density at radius 2 is 2.26 bits per heavy atom. The lowest BCUT2D eigenvalue weighted by Crippen LogP contribution is -2.28. The number of carboxylic acids is 1. The van der Waals surface area contributed by atoms with Crippen molar-refractivity contribution in [2.45, 2.75) is 26.3 Å². The predicted octanol–water partition coefficient (Wildman–Crippen LogP) is 1.23. The minimum atomic E-state index is -0.726. The van der Waals surface area contributed by atoms with Gasteiger partial charge in [0.15, 0.2) is 0 Å². The smallest absolute Gasteiger partial charge is 0.308 e. The van der Waals surface area contributed by atoms with Crippen molar-refractivity contribution in [3.8, 4) is 0 Å². The maximum Gasteiger partial charge on any atom is 0.308 e. The summed E-state index contributed by atoms with van der Waals surface area (Å²) in [6.45, 7) is 5.45. The van der Waals surface area contributed by atoms with Crippen LogP contribution in [-0.2, 0) is 4.79 Å². The molecule has 0 amide bonds. The molecule has 1 aromatic heterocycles. The van der Waals surface area contributed by atoms with Gasteiger partial charge in [0.25, 0.3) is 0 Å². The summed E-state index contributed by atoms with van der Waals surface area (Å²) in [6.07, 6.45) is 2.21. The van der Waals surface area contributed by atoms with Gasteiger partial charge in [-0.15, -0.1) is 0 Å². The normalized spacial score (nSPS) is 18.9. The van der Waals surface area contributed by atoms with Gasteiger partial charge in [-0.3, -0.25) is 4.79 Å². The Balaban J connectivity index is 2.14. The Morgan fingerprint density at radius 1 is 1.53 bits per heavy atom. The van der Waals surface area contributed by atoms with Crippen LogP contribution in [0.25, 0.3) is 0 Å². The van der Waals surface area contributed by atoms with Crippen LogP contribution in [0.2, 0.25) is 0 Å². The summed E-state index contributed by atoms with van der Waals surface area (Å²) in [5, 5.41) is 9.03. The van der Waals surface area contributed by atoms with Crippen LogP contribution in [0.3, 0.4) is 0 Å². The topological polar surface area (TPSA) is 69.6 Å². The van der Waals surface area contributed by atoms with E-state index in [2.05, 4.69) is 28.7 Å². The summed E-state index contributed by atoms with van der Waals surface area (Å²) in [7, 11) is 1.99. The molecule has 2 heterocycles. The van der Waals surface area contributed by atoms with Crippen molar-refractivity contribution in [1.82, 2.24) is 9.97 Å². The van der Waals surface area contributed by atoms with E-state index in [9.17, 15) is 4.79 Å². The van der Waals surface area contributed by atoms with E-state index in [-0.39, 0.29) is 5.92 Å². The van der Waals surface area contributed by atoms with Gasteiger partial charge in [-0.2, -0.15) is 0 Å². The number of hydrogen-bond donors (Lipinski definition) is 1. The first-order chi connectivity index (χ1) is 8.99. The maximum atomic E-state index is 11.0. The summed E-state index contributed by atoms with van der Waals surface area (Å²) in [4.78, 5) is 23.6. The minimum Gasteiger partial charge on any atom is -0.481 e. The molecule has 1 atom stereocenters. The molecule has 1 unspecified atom stereocenters. The first-order valence-electron chi connectivity index (χ1n) is 6.51. The van der Waals surface area contributed by atoms with Gasteiger partial charge in [-0.05, 0) is 20.3 Å². The fraction of sp³-hybridized carbons (Fsp3) is 0.615. The number of carbonyl (C=O) groups is 1. The molecule has 1 saturated heterocycles. The van der Waals surface area contributed by atoms with Gasteiger partial charge in [0.1, 0.15) is 18.0 Å². The zero-order valence-electron chi connectivity index (χ0n) is 11.6. The zero-order chi connectivity index (χ0) is 14.0. The zero-order valence-corrected chi connectivity index (χ0v) is 11.6. The number of carboxylic acid groups (broad SMARTS) is 1. The molecule has 1 aliphatic rings. The van der Waals surface area contributed by atoms with Crippen molar-refractivity contribution >= 4 is 17.6 Å². The van der Waals surface area contributed by atoms with Crippen molar-refractivity contribution in [3.63, 3.8) is 0 Å². The van der Waals surface area contributed by atoms with Crippen LogP contribution in [0, 0.1) is 5.92 Å². The van der Waals surface area contributed by atoms with Crippen LogP contribution >= 0.6 is 0 Å². The molecular formula is C13H20N4O2. The summed E-state index contributed by atoms with van der Waals surface area (Å²) in [6, 6.07) is 2.28. The minimum absolute atomic E-state index is 0.291. The molecule has 0 spiro atoms. The van der Waals surface area contributed by atoms with E-state index in [1.54, 1.807) is 0 Å². The molecule has 1 N–H and O–H groups in total. The van der Waals surface area contributed by atoms with Gasteiger partial charge < -0.3 is 14.9 Å². The standard InChI is InChI=1S/C13H20N4O2/c1-9(2)16(3)11-6-12(15-8-14-11)17-5-4-10(7-17)13(18)19/h6,8-10H,4-5,7H2,1-3H3,(H,18,19). The average Bonchev–Trinajstić information content (AvgIpc) is 2.87. The van der Waals surface area contributed by atoms with Gasteiger partial charge >= 0.3 is 5.97 Å². The average molecular weight is 264 g/mol. The molecular weight excluding hydrogens is 244 g/mol. The van der Waals surface area contributed by atoms with E-state index in [0.29, 0.717) is 19.0 Å². The highest BCUT2D eigenvalue weighted by Gasteiger charge is 2.29. The molecule has 1 fully saturated rings. The lowest BCUT2D eigenvalue weighted by atomic mass is 10.1. The van der Waals surface area contributed by atoms with Crippen LogP contribution in [0.1, 0.15) is 20.3 Å². The third-order valence-electron chi connectivity index (χ3n) is 3.64. The molecule has 1 aromatic rings. The third kappa shape index (κ3) is 2.94. The lowest BCUT2D eigenvalue weighted by Gasteiger charge is -2.24. The van der Waals surface area contributed by atoms with Crippen LogP contribution in [0.5, 0.6) is 0 Å². The highest BCUT2D eigenvalue weighted by molar-refractivity contribution is 5.72. The van der Waals surface area contributed by atoms with Gasteiger partial charge in [0.05, 0.1) is 5.92 Å². The second kappa shape index (κ2) is 5.42. The number of hydrogen-bond acceptors (Lipinski definition) is 5. The van der Waals surface area contributed by atoms with Gasteiger partial charge in [-0.1, -0.05) is 0 Å². The Bertz CT molecular complexity index is 464. The second-order valence-electron chi connectivity index (χ2n) is 5.21. The molecule has 6 nitrogen and oxygen atoms in total. The largest absolute Gasteiger partial charge is 0.481 e. The quantitative estimate of drug-likeness (QED) is 0.882. The van der Waals surface area contributed by atoms with Crippen LogP contribution < -0.4 is 9.80 Å². The number of rotatable bonds is 4. The molecule has 0 radical (unpaired) electrons. The van der Waals surface area contributed by atoms with E-state index in [4.69, 9.17) is 5.11 Å². The Labute approximate surface area is 113 Å². The van der Waals surface area contributed by atoms with Crippen molar-refractivity contribution < 1.29 is 9.90 Å². The molecule has 2 rings (SSSR count). The van der Waals surface area contributed by atoms with Crippen LogP contribution in [0.15, 0.2) is 12.4 Å². The van der Waals surface area contributed by atoms with E-state index in [1.165, 1.54) is 6.33 Å². The highest BCUT2D eigenvalue weighted by atomic mass is 16.4. The van der Waals surface area contributed by atoms with E-state index in [0.717, 1.165) is 18.2 Å². The van der Waals surface area contributed by atoms with Gasteiger partial charge in [0.2, 0.25) is 0 Å². The van der Waals surface area contributed by atoms with E-state index < -0.39 is 5.97 Å².